The smallest absolute Gasteiger partial charge is 0.315 e. The molecule has 0 aliphatic carbocycles. The van der Waals surface area contributed by atoms with Crippen LogP contribution in [0.4, 0.5) is 13.6 Å². The predicted molar refractivity (Wildman–Crippen MR) is 84.3 cm³/mol. The SMILES string of the molecule is CC(CC(O)c1ccco1)NC(=O)NCCc1cc(F)cc(F)c1. The highest BCUT2D eigenvalue weighted by Crippen LogP contribution is 2.18. The number of nitrogens with one attached hydrogen (secondary N) is 2. The van der Waals surface area contributed by atoms with Gasteiger partial charge in [0.25, 0.3) is 0 Å². The van der Waals surface area contributed by atoms with E-state index < -0.39 is 23.8 Å². The second-order valence-corrected chi connectivity index (χ2v) is 5.60. The van der Waals surface area contributed by atoms with Gasteiger partial charge in [0.15, 0.2) is 0 Å². The van der Waals surface area contributed by atoms with E-state index in [0.717, 1.165) is 6.07 Å². The number of rotatable bonds is 7. The second kappa shape index (κ2) is 8.44. The molecule has 3 N–H and O–H groups in total. The molecule has 24 heavy (non-hydrogen) atoms. The van der Waals surface area contributed by atoms with Gasteiger partial charge in [0.1, 0.15) is 23.5 Å². The number of halogens is 2. The maximum Gasteiger partial charge on any atom is 0.315 e. The Kier molecular flexibility index (Phi) is 6.31. The van der Waals surface area contributed by atoms with Gasteiger partial charge in [0.05, 0.1) is 6.26 Å². The molecule has 2 atom stereocenters. The standard InChI is InChI=1S/C17H20F2N2O3/c1-11(7-15(22)16-3-2-6-24-16)21-17(23)20-5-4-12-8-13(18)10-14(19)9-12/h2-3,6,8-11,15,22H,4-5,7H2,1H3,(H2,20,21,23). The molecule has 2 aromatic rings. The van der Waals surface area contributed by atoms with E-state index in [1.165, 1.54) is 18.4 Å². The third-order valence-corrected chi connectivity index (χ3v) is 3.45. The molecule has 5 nitrogen and oxygen atoms in total. The van der Waals surface area contributed by atoms with Crippen molar-refractivity contribution in [1.82, 2.24) is 10.6 Å². The molecule has 0 saturated carbocycles. The molecule has 0 aliphatic rings. The van der Waals surface area contributed by atoms with E-state index in [2.05, 4.69) is 10.6 Å². The monoisotopic (exact) mass is 338 g/mol. The number of furan rings is 1. The minimum atomic E-state index is -0.800. The number of amides is 2. The number of benzene rings is 1. The molecule has 2 rings (SSSR count). The summed E-state index contributed by atoms with van der Waals surface area (Å²) in [6.07, 6.45) is 1.28. The Bertz CT molecular complexity index is 642. The third kappa shape index (κ3) is 5.66. The summed E-state index contributed by atoms with van der Waals surface area (Å²) in [6, 6.07) is 5.91. The first kappa shape index (κ1) is 17.9. The summed E-state index contributed by atoms with van der Waals surface area (Å²) in [5.74, 6) is -0.845. The molecular formula is C17H20F2N2O3. The normalized spacial score (nSPS) is 13.3. The van der Waals surface area contributed by atoms with Gasteiger partial charge in [-0.3, -0.25) is 0 Å². The molecule has 0 aliphatic heterocycles. The fraction of sp³-hybridized carbons (Fsp3) is 0.353. The minimum absolute atomic E-state index is 0.238. The van der Waals surface area contributed by atoms with Gasteiger partial charge in [0, 0.05) is 25.1 Å². The average Bonchev–Trinajstić information content (AvgIpc) is 3.00. The van der Waals surface area contributed by atoms with Crippen molar-refractivity contribution in [3.8, 4) is 0 Å². The molecule has 0 radical (unpaired) electrons. The van der Waals surface area contributed by atoms with Crippen molar-refractivity contribution < 1.29 is 23.1 Å². The van der Waals surface area contributed by atoms with Crippen LogP contribution in [0.1, 0.15) is 30.8 Å². The number of hydrogen-bond donors (Lipinski definition) is 3. The highest BCUT2D eigenvalue weighted by Gasteiger charge is 2.16. The van der Waals surface area contributed by atoms with Crippen molar-refractivity contribution in [2.75, 3.05) is 6.54 Å². The van der Waals surface area contributed by atoms with Gasteiger partial charge in [-0.25, -0.2) is 13.6 Å². The Hall–Kier alpha value is -2.41. The highest BCUT2D eigenvalue weighted by molar-refractivity contribution is 5.74. The van der Waals surface area contributed by atoms with Crippen LogP contribution in [0.15, 0.2) is 41.0 Å². The third-order valence-electron chi connectivity index (χ3n) is 3.45. The summed E-state index contributed by atoms with van der Waals surface area (Å²) in [4.78, 5) is 11.8. The van der Waals surface area contributed by atoms with Crippen LogP contribution < -0.4 is 10.6 Å². The molecule has 1 heterocycles. The van der Waals surface area contributed by atoms with Gasteiger partial charge >= 0.3 is 6.03 Å². The van der Waals surface area contributed by atoms with Crippen molar-refractivity contribution >= 4 is 6.03 Å². The maximum absolute atomic E-state index is 13.1. The Balaban J connectivity index is 1.70. The molecular weight excluding hydrogens is 318 g/mol. The van der Waals surface area contributed by atoms with E-state index in [-0.39, 0.29) is 12.6 Å². The summed E-state index contributed by atoms with van der Waals surface area (Å²) in [7, 11) is 0. The lowest BCUT2D eigenvalue weighted by Crippen LogP contribution is -2.42. The summed E-state index contributed by atoms with van der Waals surface area (Å²) in [5.41, 5.74) is 0.467. The molecule has 0 fully saturated rings. The van der Waals surface area contributed by atoms with Crippen LogP contribution in [0.25, 0.3) is 0 Å². The number of carbonyl (C=O) groups excluding carboxylic acids is 1. The summed E-state index contributed by atoms with van der Waals surface area (Å²) in [6.45, 7) is 2.00. The van der Waals surface area contributed by atoms with Gasteiger partial charge < -0.3 is 20.2 Å². The fourth-order valence-electron chi connectivity index (χ4n) is 2.34. The molecule has 0 bridgehead atoms. The van der Waals surface area contributed by atoms with Crippen LogP contribution in [0.2, 0.25) is 0 Å². The lowest BCUT2D eigenvalue weighted by Gasteiger charge is -2.17. The van der Waals surface area contributed by atoms with E-state index in [0.29, 0.717) is 24.2 Å². The van der Waals surface area contributed by atoms with Gasteiger partial charge in [-0.15, -0.1) is 0 Å². The first-order valence-corrected chi connectivity index (χ1v) is 7.65. The van der Waals surface area contributed by atoms with Crippen LogP contribution in [0.3, 0.4) is 0 Å². The number of urea groups is 1. The average molecular weight is 338 g/mol. The van der Waals surface area contributed by atoms with E-state index in [4.69, 9.17) is 4.42 Å². The van der Waals surface area contributed by atoms with E-state index in [1.54, 1.807) is 19.1 Å². The molecule has 1 aromatic heterocycles. The van der Waals surface area contributed by atoms with E-state index in [1.807, 2.05) is 0 Å². The maximum atomic E-state index is 13.1. The molecule has 1 aromatic carbocycles. The first-order valence-electron chi connectivity index (χ1n) is 7.65. The van der Waals surface area contributed by atoms with Gasteiger partial charge in [-0.2, -0.15) is 0 Å². The van der Waals surface area contributed by atoms with Crippen molar-refractivity contribution in [1.29, 1.82) is 0 Å². The Labute approximate surface area is 138 Å². The highest BCUT2D eigenvalue weighted by atomic mass is 19.1. The van der Waals surface area contributed by atoms with E-state index in [9.17, 15) is 18.7 Å². The van der Waals surface area contributed by atoms with Crippen LogP contribution in [-0.2, 0) is 6.42 Å². The minimum Gasteiger partial charge on any atom is -0.467 e. The van der Waals surface area contributed by atoms with Crippen molar-refractivity contribution in [2.24, 2.45) is 0 Å². The zero-order chi connectivity index (χ0) is 17.5. The molecule has 0 saturated heterocycles. The summed E-state index contributed by atoms with van der Waals surface area (Å²) >= 11 is 0. The zero-order valence-corrected chi connectivity index (χ0v) is 13.3. The molecule has 0 spiro atoms. The van der Waals surface area contributed by atoms with Gasteiger partial charge in [-0.1, -0.05) is 0 Å². The molecule has 2 unspecified atom stereocenters. The van der Waals surface area contributed by atoms with Crippen molar-refractivity contribution in [2.45, 2.75) is 31.9 Å². The zero-order valence-electron chi connectivity index (χ0n) is 13.3. The lowest BCUT2D eigenvalue weighted by atomic mass is 10.1. The first-order chi connectivity index (χ1) is 11.4. The Morgan fingerprint density at radius 3 is 2.62 bits per heavy atom. The quantitative estimate of drug-likeness (QED) is 0.727. The van der Waals surface area contributed by atoms with Gasteiger partial charge in [0.2, 0.25) is 0 Å². The molecule has 2 amide bonds. The topological polar surface area (TPSA) is 74.5 Å². The number of aliphatic hydroxyl groups is 1. The van der Waals surface area contributed by atoms with Crippen LogP contribution in [-0.4, -0.2) is 23.7 Å². The summed E-state index contributed by atoms with van der Waals surface area (Å²) < 4.78 is 31.2. The van der Waals surface area contributed by atoms with E-state index >= 15 is 0 Å². The predicted octanol–water partition coefficient (Wildman–Crippen LogP) is 2.91. The van der Waals surface area contributed by atoms with Crippen molar-refractivity contribution in [3.63, 3.8) is 0 Å². The molecule has 7 heteroatoms. The van der Waals surface area contributed by atoms with Crippen molar-refractivity contribution in [3.05, 3.63) is 59.6 Å². The Morgan fingerprint density at radius 1 is 1.29 bits per heavy atom. The molecule has 130 valence electrons. The van der Waals surface area contributed by atoms with Crippen LogP contribution in [0, 0.1) is 11.6 Å². The lowest BCUT2D eigenvalue weighted by molar-refractivity contribution is 0.129. The number of hydrogen-bond acceptors (Lipinski definition) is 3. The Morgan fingerprint density at radius 2 is 2.00 bits per heavy atom. The van der Waals surface area contributed by atoms with Crippen LogP contribution in [0.5, 0.6) is 0 Å². The second-order valence-electron chi connectivity index (χ2n) is 5.60. The van der Waals surface area contributed by atoms with Gasteiger partial charge in [-0.05, 0) is 43.2 Å². The largest absolute Gasteiger partial charge is 0.467 e. The number of aliphatic hydroxyl groups excluding tert-OH is 1. The number of carbonyl (C=O) groups is 1. The van der Waals surface area contributed by atoms with Crippen LogP contribution >= 0.6 is 0 Å². The summed E-state index contributed by atoms with van der Waals surface area (Å²) in [5, 5.41) is 15.2. The fourth-order valence-corrected chi connectivity index (χ4v) is 2.34.